The minimum Gasteiger partial charge on any atom is -0.306 e. The predicted octanol–water partition coefficient (Wildman–Crippen LogP) is 4.59. The molecule has 1 aromatic carbocycles. The van der Waals surface area contributed by atoms with Crippen LogP contribution >= 0.6 is 23.1 Å². The Morgan fingerprint density at radius 2 is 2.04 bits per heavy atom. The molecule has 1 atom stereocenters. The van der Waals surface area contributed by atoms with Gasteiger partial charge in [0.05, 0.1) is 11.4 Å². The minimum atomic E-state index is -0.0415. The monoisotopic (exact) mass is 367 g/mol. The number of para-hydroxylation sites is 1. The lowest BCUT2D eigenvalue weighted by molar-refractivity contribution is 0.0980. The van der Waals surface area contributed by atoms with Gasteiger partial charge < -0.3 is 4.90 Å². The number of carbonyl (C=O) groups is 1. The first-order valence-electron chi connectivity index (χ1n) is 8.13. The van der Waals surface area contributed by atoms with Gasteiger partial charge in [0.15, 0.2) is 0 Å². The van der Waals surface area contributed by atoms with Crippen molar-refractivity contribution < 1.29 is 4.79 Å². The molecule has 25 heavy (non-hydrogen) atoms. The molecule has 0 bridgehead atoms. The first-order chi connectivity index (χ1) is 12.2. The fraction of sp³-hybridized carbons (Fsp3) is 0.211. The van der Waals surface area contributed by atoms with E-state index < -0.39 is 0 Å². The number of anilines is 1. The summed E-state index contributed by atoms with van der Waals surface area (Å²) in [5, 5.41) is 2.60. The molecule has 2 aromatic heterocycles. The number of rotatable bonds is 2. The number of hydrogen-bond donors (Lipinski definition) is 0. The van der Waals surface area contributed by atoms with Crippen LogP contribution in [-0.4, -0.2) is 28.2 Å². The Hall–Kier alpha value is -2.18. The lowest BCUT2D eigenvalue weighted by Crippen LogP contribution is -2.34. The van der Waals surface area contributed by atoms with Crippen LogP contribution in [-0.2, 0) is 0 Å². The number of pyridine rings is 1. The van der Waals surface area contributed by atoms with Gasteiger partial charge in [-0.2, -0.15) is 0 Å². The van der Waals surface area contributed by atoms with E-state index in [0.29, 0.717) is 18.2 Å². The SMILES string of the molecule is C[C@@H]1CSc2ccccc2N(C(=O)c2csc(-c3ccccn3)n2)C1. The molecule has 0 unspecified atom stereocenters. The number of thiazole rings is 1. The molecule has 6 heteroatoms. The summed E-state index contributed by atoms with van der Waals surface area (Å²) in [6.07, 6.45) is 1.74. The molecule has 0 saturated carbocycles. The van der Waals surface area contributed by atoms with E-state index in [1.54, 1.807) is 6.20 Å². The second-order valence-corrected chi connectivity index (χ2v) is 7.97. The van der Waals surface area contributed by atoms with Gasteiger partial charge >= 0.3 is 0 Å². The highest BCUT2D eigenvalue weighted by Gasteiger charge is 2.27. The Kier molecular flexibility index (Phi) is 4.55. The highest BCUT2D eigenvalue weighted by molar-refractivity contribution is 7.99. The average molecular weight is 367 g/mol. The highest BCUT2D eigenvalue weighted by atomic mass is 32.2. The van der Waals surface area contributed by atoms with Crippen LogP contribution in [0.3, 0.4) is 0 Å². The summed E-state index contributed by atoms with van der Waals surface area (Å²) < 4.78 is 0. The van der Waals surface area contributed by atoms with Crippen molar-refractivity contribution in [2.75, 3.05) is 17.2 Å². The van der Waals surface area contributed by atoms with Crippen molar-refractivity contribution in [2.24, 2.45) is 5.92 Å². The average Bonchev–Trinajstić information content (AvgIpc) is 3.09. The third kappa shape index (κ3) is 3.32. The smallest absolute Gasteiger partial charge is 0.277 e. The zero-order chi connectivity index (χ0) is 17.2. The van der Waals surface area contributed by atoms with E-state index in [2.05, 4.69) is 23.0 Å². The summed E-state index contributed by atoms with van der Waals surface area (Å²) in [6.45, 7) is 2.89. The Morgan fingerprint density at radius 1 is 1.20 bits per heavy atom. The van der Waals surface area contributed by atoms with E-state index in [0.717, 1.165) is 27.0 Å². The standard InChI is InChI=1S/C19H17N3OS2/c1-13-10-22(16-7-2-3-8-17(16)24-11-13)19(23)15-12-25-18(21-15)14-6-4-5-9-20-14/h2-9,12-13H,10-11H2,1H3/t13-/m0/s1. The van der Waals surface area contributed by atoms with Crippen molar-refractivity contribution in [1.29, 1.82) is 0 Å². The maximum atomic E-state index is 13.1. The summed E-state index contributed by atoms with van der Waals surface area (Å²) in [7, 11) is 0. The number of aromatic nitrogens is 2. The molecule has 0 spiro atoms. The number of hydrogen-bond acceptors (Lipinski definition) is 5. The molecule has 3 heterocycles. The molecule has 0 fully saturated rings. The van der Waals surface area contributed by atoms with Gasteiger partial charge in [-0.25, -0.2) is 4.98 Å². The molecule has 1 aliphatic rings. The van der Waals surface area contributed by atoms with Gasteiger partial charge in [-0.05, 0) is 30.2 Å². The third-order valence-electron chi connectivity index (χ3n) is 4.03. The first kappa shape index (κ1) is 16.3. The molecule has 4 nitrogen and oxygen atoms in total. The van der Waals surface area contributed by atoms with Gasteiger partial charge in [0.1, 0.15) is 10.7 Å². The number of fused-ring (bicyclic) bond motifs is 1. The van der Waals surface area contributed by atoms with Crippen LogP contribution in [0.5, 0.6) is 0 Å². The van der Waals surface area contributed by atoms with E-state index in [1.807, 2.05) is 58.4 Å². The van der Waals surface area contributed by atoms with Gasteiger partial charge in [0, 0.05) is 28.8 Å². The van der Waals surface area contributed by atoms with Crippen LogP contribution in [0.25, 0.3) is 10.7 Å². The molecule has 1 aliphatic heterocycles. The second-order valence-electron chi connectivity index (χ2n) is 6.05. The van der Waals surface area contributed by atoms with Crippen molar-refractivity contribution in [3.05, 3.63) is 59.7 Å². The van der Waals surface area contributed by atoms with Gasteiger partial charge in [0.25, 0.3) is 5.91 Å². The number of benzene rings is 1. The van der Waals surface area contributed by atoms with Gasteiger partial charge in [-0.3, -0.25) is 9.78 Å². The van der Waals surface area contributed by atoms with Crippen LogP contribution < -0.4 is 4.90 Å². The summed E-state index contributed by atoms with van der Waals surface area (Å²) >= 11 is 3.27. The Morgan fingerprint density at radius 3 is 2.88 bits per heavy atom. The van der Waals surface area contributed by atoms with Crippen molar-refractivity contribution in [2.45, 2.75) is 11.8 Å². The molecule has 0 N–H and O–H groups in total. The largest absolute Gasteiger partial charge is 0.306 e. The van der Waals surface area contributed by atoms with E-state index in [4.69, 9.17) is 0 Å². The lowest BCUT2D eigenvalue weighted by atomic mass is 10.1. The molecule has 0 saturated heterocycles. The summed E-state index contributed by atoms with van der Waals surface area (Å²) in [5.41, 5.74) is 2.26. The van der Waals surface area contributed by atoms with Crippen molar-refractivity contribution >= 4 is 34.7 Å². The normalized spacial score (nSPS) is 17.0. The number of thioether (sulfide) groups is 1. The number of nitrogens with zero attached hydrogens (tertiary/aromatic N) is 3. The van der Waals surface area contributed by atoms with Crippen molar-refractivity contribution in [1.82, 2.24) is 9.97 Å². The number of carbonyl (C=O) groups excluding carboxylic acids is 1. The molecule has 126 valence electrons. The van der Waals surface area contributed by atoms with Gasteiger partial charge in [-0.1, -0.05) is 25.1 Å². The zero-order valence-electron chi connectivity index (χ0n) is 13.8. The molecular formula is C19H17N3OS2. The maximum absolute atomic E-state index is 13.1. The fourth-order valence-corrected chi connectivity index (χ4v) is 4.65. The van der Waals surface area contributed by atoms with Crippen LogP contribution in [0.2, 0.25) is 0 Å². The van der Waals surface area contributed by atoms with Crippen molar-refractivity contribution in [3.63, 3.8) is 0 Å². The summed E-state index contributed by atoms with van der Waals surface area (Å²) in [5.74, 6) is 1.40. The van der Waals surface area contributed by atoms with E-state index >= 15 is 0 Å². The molecule has 3 aromatic rings. The van der Waals surface area contributed by atoms with Crippen molar-refractivity contribution in [3.8, 4) is 10.7 Å². The number of amides is 1. The molecule has 4 rings (SSSR count). The summed E-state index contributed by atoms with van der Waals surface area (Å²) in [6, 6.07) is 13.8. The van der Waals surface area contributed by atoms with E-state index in [9.17, 15) is 4.79 Å². The predicted molar refractivity (Wildman–Crippen MR) is 103 cm³/mol. The zero-order valence-corrected chi connectivity index (χ0v) is 15.4. The summed E-state index contributed by atoms with van der Waals surface area (Å²) in [4.78, 5) is 25.0. The van der Waals surface area contributed by atoms with Crippen LogP contribution in [0.4, 0.5) is 5.69 Å². The molecule has 0 radical (unpaired) electrons. The Labute approximate surface area is 154 Å². The van der Waals surface area contributed by atoms with Gasteiger partial charge in [-0.15, -0.1) is 23.1 Å². The first-order valence-corrected chi connectivity index (χ1v) is 9.99. The van der Waals surface area contributed by atoms with Crippen LogP contribution in [0.15, 0.2) is 58.9 Å². The third-order valence-corrected chi connectivity index (χ3v) is 6.28. The van der Waals surface area contributed by atoms with E-state index in [1.165, 1.54) is 11.3 Å². The second kappa shape index (κ2) is 6.98. The highest BCUT2D eigenvalue weighted by Crippen LogP contribution is 2.36. The Balaban J connectivity index is 1.68. The fourth-order valence-electron chi connectivity index (χ4n) is 2.81. The quantitative estimate of drug-likeness (QED) is 0.664. The maximum Gasteiger partial charge on any atom is 0.277 e. The Bertz CT molecular complexity index is 894. The molecular weight excluding hydrogens is 350 g/mol. The lowest BCUT2D eigenvalue weighted by Gasteiger charge is -2.23. The van der Waals surface area contributed by atoms with Crippen LogP contribution in [0, 0.1) is 5.92 Å². The van der Waals surface area contributed by atoms with E-state index in [-0.39, 0.29) is 5.91 Å². The molecule has 0 aliphatic carbocycles. The minimum absolute atomic E-state index is 0.0415. The molecule has 1 amide bonds. The van der Waals surface area contributed by atoms with Crippen LogP contribution in [0.1, 0.15) is 17.4 Å². The topological polar surface area (TPSA) is 46.1 Å². The van der Waals surface area contributed by atoms with Gasteiger partial charge in [0.2, 0.25) is 0 Å².